The van der Waals surface area contributed by atoms with E-state index in [1.807, 2.05) is 60.7 Å². The third-order valence-electron chi connectivity index (χ3n) is 6.39. The second kappa shape index (κ2) is 12.1. The number of pyridine rings is 1. The largest absolute Gasteiger partial charge is 0.497 e. The molecule has 2 heterocycles. The fourth-order valence-electron chi connectivity index (χ4n) is 4.58. The molecular formula is C27H30Cl3N3O2. The van der Waals surface area contributed by atoms with E-state index in [1.165, 1.54) is 19.3 Å². The zero-order valence-corrected chi connectivity index (χ0v) is 21.9. The predicted molar refractivity (Wildman–Crippen MR) is 150 cm³/mol. The van der Waals surface area contributed by atoms with Gasteiger partial charge in [-0.3, -0.25) is 0 Å². The van der Waals surface area contributed by atoms with Crippen LogP contribution in [0.1, 0.15) is 30.9 Å². The number of aliphatic hydroxyl groups is 1. The molecule has 5 rings (SSSR count). The van der Waals surface area contributed by atoms with Crippen molar-refractivity contribution in [3.8, 4) is 5.75 Å². The van der Waals surface area contributed by atoms with Crippen molar-refractivity contribution in [1.82, 2.24) is 9.88 Å². The Morgan fingerprint density at radius 2 is 1.69 bits per heavy atom. The van der Waals surface area contributed by atoms with Crippen LogP contribution in [0.3, 0.4) is 0 Å². The maximum atomic E-state index is 10.7. The van der Waals surface area contributed by atoms with E-state index < -0.39 is 6.10 Å². The highest BCUT2D eigenvalue weighted by Gasteiger charge is 2.16. The smallest absolute Gasteiger partial charge is 0.119 e. The van der Waals surface area contributed by atoms with Crippen molar-refractivity contribution in [2.75, 3.05) is 32.1 Å². The molecule has 4 aromatic rings. The summed E-state index contributed by atoms with van der Waals surface area (Å²) in [5.74, 6) is 0.775. The molecule has 0 amide bonds. The Balaban J connectivity index is 0.00000171. The van der Waals surface area contributed by atoms with Crippen LogP contribution in [-0.4, -0.2) is 41.7 Å². The number of hydrogen-bond donors (Lipinski definition) is 2. The van der Waals surface area contributed by atoms with Gasteiger partial charge in [-0.15, -0.1) is 24.8 Å². The molecule has 186 valence electrons. The third kappa shape index (κ3) is 6.11. The van der Waals surface area contributed by atoms with E-state index in [2.05, 4.69) is 10.2 Å². The molecule has 8 heteroatoms. The number of anilines is 2. The summed E-state index contributed by atoms with van der Waals surface area (Å²) in [6.45, 7) is 2.84. The van der Waals surface area contributed by atoms with Crippen molar-refractivity contribution < 1.29 is 9.84 Å². The Labute approximate surface area is 223 Å². The predicted octanol–water partition coefficient (Wildman–Crippen LogP) is 7.16. The number of likely N-dealkylation sites (tertiary alicyclic amines) is 1. The molecular weight excluding hydrogens is 505 g/mol. The highest BCUT2D eigenvalue weighted by atomic mass is 35.5. The van der Waals surface area contributed by atoms with Crippen molar-refractivity contribution in [2.45, 2.75) is 25.4 Å². The minimum Gasteiger partial charge on any atom is -0.497 e. The summed E-state index contributed by atoms with van der Waals surface area (Å²) in [6.07, 6.45) is 3.26. The lowest BCUT2D eigenvalue weighted by Crippen LogP contribution is -2.33. The Kier molecular flexibility index (Phi) is 9.45. The molecule has 0 bridgehead atoms. The van der Waals surface area contributed by atoms with Gasteiger partial charge in [-0.25, -0.2) is 4.98 Å². The Bertz CT molecular complexity index is 1280. The monoisotopic (exact) mass is 533 g/mol. The van der Waals surface area contributed by atoms with E-state index in [-0.39, 0.29) is 24.8 Å². The number of fused-ring (bicyclic) bond motifs is 2. The van der Waals surface area contributed by atoms with Gasteiger partial charge in [0.1, 0.15) is 5.75 Å². The molecule has 0 spiro atoms. The van der Waals surface area contributed by atoms with Crippen LogP contribution in [-0.2, 0) is 0 Å². The molecule has 1 atom stereocenters. The number of benzene rings is 3. The molecule has 5 nitrogen and oxygen atoms in total. The molecule has 0 saturated carbocycles. The van der Waals surface area contributed by atoms with E-state index in [0.717, 1.165) is 57.6 Å². The number of β-amino-alcohol motifs (C(OH)–C–C–N with tert-alkyl or cyclic N) is 1. The van der Waals surface area contributed by atoms with E-state index in [9.17, 15) is 5.11 Å². The molecule has 0 aliphatic carbocycles. The van der Waals surface area contributed by atoms with Gasteiger partial charge in [0.15, 0.2) is 0 Å². The molecule has 3 aromatic carbocycles. The molecule has 1 aliphatic rings. The summed E-state index contributed by atoms with van der Waals surface area (Å²) in [7, 11) is 1.66. The van der Waals surface area contributed by atoms with Crippen LogP contribution in [0.4, 0.5) is 11.4 Å². The highest BCUT2D eigenvalue weighted by Crippen LogP contribution is 2.36. The van der Waals surface area contributed by atoms with E-state index in [1.54, 1.807) is 7.11 Å². The van der Waals surface area contributed by atoms with Gasteiger partial charge in [0.2, 0.25) is 0 Å². The van der Waals surface area contributed by atoms with Crippen molar-refractivity contribution >= 4 is 69.6 Å². The van der Waals surface area contributed by atoms with Crippen molar-refractivity contribution in [1.29, 1.82) is 0 Å². The van der Waals surface area contributed by atoms with Crippen molar-refractivity contribution in [3.63, 3.8) is 0 Å². The normalized spacial score (nSPS) is 14.7. The molecule has 2 N–H and O–H groups in total. The van der Waals surface area contributed by atoms with Crippen molar-refractivity contribution in [3.05, 3.63) is 71.2 Å². The zero-order valence-electron chi connectivity index (χ0n) is 19.5. The Morgan fingerprint density at radius 3 is 2.40 bits per heavy atom. The van der Waals surface area contributed by atoms with Crippen LogP contribution in [0.2, 0.25) is 5.02 Å². The van der Waals surface area contributed by atoms with Crippen LogP contribution in [0.25, 0.3) is 21.8 Å². The maximum absolute atomic E-state index is 10.7. The summed E-state index contributed by atoms with van der Waals surface area (Å²) >= 11 is 6.24. The molecule has 35 heavy (non-hydrogen) atoms. The molecule has 1 aromatic heterocycles. The van der Waals surface area contributed by atoms with Gasteiger partial charge in [-0.05, 0) is 80.0 Å². The third-order valence-corrected chi connectivity index (χ3v) is 6.62. The number of methoxy groups -OCH3 is 1. The maximum Gasteiger partial charge on any atom is 0.119 e. The SMILES string of the molecule is COc1ccc2nc3cc(Cl)ccc3c(Nc3ccc(C(O)CN4CCCCC4)cc3)c2c1.Cl.Cl. The first-order chi connectivity index (χ1) is 16.1. The van der Waals surface area contributed by atoms with Gasteiger partial charge in [0.05, 0.1) is 29.9 Å². The average Bonchev–Trinajstić information content (AvgIpc) is 2.84. The lowest BCUT2D eigenvalue weighted by Gasteiger charge is -2.28. The number of aromatic nitrogens is 1. The average molecular weight is 535 g/mol. The lowest BCUT2D eigenvalue weighted by atomic mass is 10.1. The molecule has 1 fully saturated rings. The Hall–Kier alpha value is -2.28. The zero-order chi connectivity index (χ0) is 22.8. The number of ether oxygens (including phenoxy) is 1. The van der Waals surface area contributed by atoms with Gasteiger partial charge in [0, 0.05) is 28.0 Å². The number of piperidine rings is 1. The fraction of sp³-hybridized carbons (Fsp3) is 0.296. The number of hydrogen-bond acceptors (Lipinski definition) is 5. The molecule has 1 saturated heterocycles. The second-order valence-electron chi connectivity index (χ2n) is 8.66. The van der Waals surface area contributed by atoms with Crippen LogP contribution >= 0.6 is 36.4 Å². The van der Waals surface area contributed by atoms with Crippen molar-refractivity contribution in [2.24, 2.45) is 0 Å². The highest BCUT2D eigenvalue weighted by molar-refractivity contribution is 6.31. The van der Waals surface area contributed by atoms with Crippen LogP contribution in [0, 0.1) is 0 Å². The summed E-state index contributed by atoms with van der Waals surface area (Å²) in [6, 6.07) is 19.6. The summed E-state index contributed by atoms with van der Waals surface area (Å²) in [4.78, 5) is 7.15. The molecule has 1 aliphatic heterocycles. The number of nitrogens with one attached hydrogen (secondary N) is 1. The van der Waals surface area contributed by atoms with Gasteiger partial charge >= 0.3 is 0 Å². The number of rotatable bonds is 6. The quantitative estimate of drug-likeness (QED) is 0.257. The van der Waals surface area contributed by atoms with Gasteiger partial charge in [-0.2, -0.15) is 0 Å². The molecule has 0 radical (unpaired) electrons. The first-order valence-electron chi connectivity index (χ1n) is 11.4. The molecule has 1 unspecified atom stereocenters. The fourth-order valence-corrected chi connectivity index (χ4v) is 4.75. The number of halogens is 3. The van der Waals surface area contributed by atoms with Gasteiger partial charge in [0.25, 0.3) is 0 Å². The standard InChI is InChI=1S/C27H28ClN3O2.2ClH/c1-33-21-10-12-24-23(16-21)27(22-11-7-19(28)15-25(22)30-24)29-20-8-5-18(6-9-20)26(32)17-31-13-3-2-4-14-31;;/h5-12,15-16,26,32H,2-4,13-14,17H2,1H3,(H,29,30);2*1H. The lowest BCUT2D eigenvalue weighted by molar-refractivity contribution is 0.101. The summed E-state index contributed by atoms with van der Waals surface area (Å²) in [5, 5.41) is 16.9. The topological polar surface area (TPSA) is 57.6 Å². The van der Waals surface area contributed by atoms with Crippen LogP contribution < -0.4 is 10.1 Å². The van der Waals surface area contributed by atoms with Crippen LogP contribution in [0.5, 0.6) is 5.75 Å². The van der Waals surface area contributed by atoms with Gasteiger partial charge in [-0.1, -0.05) is 30.2 Å². The first-order valence-corrected chi connectivity index (χ1v) is 11.8. The Morgan fingerprint density at radius 1 is 0.943 bits per heavy atom. The second-order valence-corrected chi connectivity index (χ2v) is 9.09. The summed E-state index contributed by atoms with van der Waals surface area (Å²) in [5.41, 5.74) is 4.52. The minimum absolute atomic E-state index is 0. The van der Waals surface area contributed by atoms with E-state index >= 15 is 0 Å². The van der Waals surface area contributed by atoms with E-state index in [0.29, 0.717) is 11.6 Å². The van der Waals surface area contributed by atoms with E-state index in [4.69, 9.17) is 21.3 Å². The number of aliphatic hydroxyl groups excluding tert-OH is 1. The number of nitrogens with zero attached hydrogens (tertiary/aromatic N) is 2. The van der Waals surface area contributed by atoms with Gasteiger partial charge < -0.3 is 20.1 Å². The van der Waals surface area contributed by atoms with Crippen LogP contribution in [0.15, 0.2) is 60.7 Å². The minimum atomic E-state index is -0.480. The summed E-state index contributed by atoms with van der Waals surface area (Å²) < 4.78 is 5.45. The first kappa shape index (κ1) is 27.3.